The van der Waals surface area contributed by atoms with Crippen LogP contribution in [0.4, 0.5) is 5.69 Å². The van der Waals surface area contributed by atoms with Gasteiger partial charge in [-0.2, -0.15) is 4.72 Å². The number of sulfonamides is 1. The Hall–Kier alpha value is -1.68. The zero-order valence-electron chi connectivity index (χ0n) is 15.7. The minimum atomic E-state index is -3.50. The Bertz CT molecular complexity index is 864. The van der Waals surface area contributed by atoms with Crippen molar-refractivity contribution in [3.63, 3.8) is 0 Å². The molecule has 3 aliphatic heterocycles. The number of amides is 1. The van der Waals surface area contributed by atoms with Crippen LogP contribution in [0.25, 0.3) is 0 Å². The number of likely N-dealkylation sites (tertiary alicyclic amines) is 1. The van der Waals surface area contributed by atoms with E-state index in [0.29, 0.717) is 29.7 Å². The molecule has 3 unspecified atom stereocenters. The summed E-state index contributed by atoms with van der Waals surface area (Å²) in [5.41, 5.74) is 7.11. The first kappa shape index (κ1) is 18.4. The van der Waals surface area contributed by atoms with Crippen molar-refractivity contribution in [2.75, 3.05) is 18.4 Å². The van der Waals surface area contributed by atoms with Crippen LogP contribution in [0.2, 0.25) is 0 Å². The highest BCUT2D eigenvalue weighted by Gasteiger charge is 2.41. The third-order valence-corrected chi connectivity index (χ3v) is 8.01. The zero-order valence-corrected chi connectivity index (χ0v) is 16.5. The van der Waals surface area contributed by atoms with E-state index in [9.17, 15) is 13.2 Å². The van der Waals surface area contributed by atoms with Crippen LogP contribution in [0, 0.1) is 11.8 Å². The lowest BCUT2D eigenvalue weighted by atomic mass is 9.93. The van der Waals surface area contributed by atoms with Crippen LogP contribution in [-0.4, -0.2) is 50.6 Å². The van der Waals surface area contributed by atoms with Gasteiger partial charge >= 0.3 is 0 Å². The van der Waals surface area contributed by atoms with E-state index in [4.69, 9.17) is 0 Å². The van der Waals surface area contributed by atoms with E-state index >= 15 is 0 Å². The molecule has 3 heterocycles. The molecule has 152 valence electrons. The molecule has 1 saturated carbocycles. The predicted octanol–water partition coefficient (Wildman–Crippen LogP) is 0.600. The molecule has 1 aliphatic carbocycles. The molecule has 2 saturated heterocycles. The number of carbonyl (C=O) groups excluding carboxylic acids is 1. The summed E-state index contributed by atoms with van der Waals surface area (Å²) < 4.78 is 27.8. The minimum absolute atomic E-state index is 0.139. The third-order valence-electron chi connectivity index (χ3n) is 6.51. The highest BCUT2D eigenvalue weighted by molar-refractivity contribution is 7.89. The highest BCUT2D eigenvalue weighted by atomic mass is 32.2. The van der Waals surface area contributed by atoms with Crippen LogP contribution in [0.15, 0.2) is 29.2 Å². The van der Waals surface area contributed by atoms with Gasteiger partial charge in [-0.05, 0) is 56.1 Å². The molecule has 0 radical (unpaired) electrons. The Morgan fingerprint density at radius 2 is 1.75 bits per heavy atom. The SMILES string of the molecule is O=C(C1CC(C2CC2)NN1)N1CCC(C2Nc3ccccc3S(=O)(=O)N2)CC1. The molecule has 3 atom stereocenters. The number of hydrogen-bond donors (Lipinski definition) is 4. The van der Waals surface area contributed by atoms with Crippen LogP contribution in [0.1, 0.15) is 32.1 Å². The van der Waals surface area contributed by atoms with Crippen molar-refractivity contribution in [3.8, 4) is 0 Å². The van der Waals surface area contributed by atoms with Crippen molar-refractivity contribution in [1.82, 2.24) is 20.5 Å². The number of anilines is 1. The average molecular weight is 406 g/mol. The molecule has 9 heteroatoms. The van der Waals surface area contributed by atoms with Crippen molar-refractivity contribution >= 4 is 21.6 Å². The van der Waals surface area contributed by atoms with Gasteiger partial charge in [-0.3, -0.25) is 10.2 Å². The second-order valence-corrected chi connectivity index (χ2v) is 10.1. The summed E-state index contributed by atoms with van der Waals surface area (Å²) in [7, 11) is -3.50. The smallest absolute Gasteiger partial charge is 0.244 e. The van der Waals surface area contributed by atoms with E-state index in [-0.39, 0.29) is 24.0 Å². The number of hydrazine groups is 1. The monoisotopic (exact) mass is 405 g/mol. The maximum absolute atomic E-state index is 12.8. The van der Waals surface area contributed by atoms with Gasteiger partial charge in [0.15, 0.2) is 0 Å². The molecule has 3 fully saturated rings. The van der Waals surface area contributed by atoms with Crippen molar-refractivity contribution < 1.29 is 13.2 Å². The lowest BCUT2D eigenvalue weighted by Crippen LogP contribution is -2.54. The second kappa shape index (κ2) is 6.98. The minimum Gasteiger partial charge on any atom is -0.368 e. The fourth-order valence-electron chi connectivity index (χ4n) is 4.69. The molecule has 4 aliphatic rings. The van der Waals surface area contributed by atoms with Crippen LogP contribution >= 0.6 is 0 Å². The summed E-state index contributed by atoms with van der Waals surface area (Å²) in [4.78, 5) is 15.1. The molecule has 1 amide bonds. The lowest BCUT2D eigenvalue weighted by Gasteiger charge is -2.39. The van der Waals surface area contributed by atoms with Gasteiger partial charge in [0.25, 0.3) is 0 Å². The Morgan fingerprint density at radius 3 is 2.50 bits per heavy atom. The topological polar surface area (TPSA) is 103 Å². The van der Waals surface area contributed by atoms with Gasteiger partial charge in [0.2, 0.25) is 15.9 Å². The molecule has 8 nitrogen and oxygen atoms in total. The summed E-state index contributed by atoms with van der Waals surface area (Å²) in [6, 6.07) is 7.26. The number of carbonyl (C=O) groups is 1. The first-order valence-corrected chi connectivity index (χ1v) is 11.7. The summed E-state index contributed by atoms with van der Waals surface area (Å²) in [5, 5.41) is 3.33. The van der Waals surface area contributed by atoms with Crippen LogP contribution < -0.4 is 20.9 Å². The number of nitrogens with one attached hydrogen (secondary N) is 4. The van der Waals surface area contributed by atoms with Gasteiger partial charge in [-0.15, -0.1) is 0 Å². The van der Waals surface area contributed by atoms with Gasteiger partial charge in [-0.25, -0.2) is 13.8 Å². The number of rotatable bonds is 3. The summed E-state index contributed by atoms with van der Waals surface area (Å²) in [6.07, 6.45) is 4.62. The summed E-state index contributed by atoms with van der Waals surface area (Å²) in [5.74, 6) is 1.04. The number of piperidine rings is 1. The van der Waals surface area contributed by atoms with E-state index in [2.05, 4.69) is 20.9 Å². The van der Waals surface area contributed by atoms with Gasteiger partial charge in [-0.1, -0.05) is 12.1 Å². The first-order valence-electron chi connectivity index (χ1n) is 10.2. The van der Waals surface area contributed by atoms with E-state index in [0.717, 1.165) is 25.2 Å². The molecule has 1 aromatic carbocycles. The first-order chi connectivity index (χ1) is 13.5. The largest absolute Gasteiger partial charge is 0.368 e. The maximum atomic E-state index is 12.8. The Morgan fingerprint density at radius 1 is 1.00 bits per heavy atom. The van der Waals surface area contributed by atoms with E-state index in [1.807, 2.05) is 11.0 Å². The fraction of sp³-hybridized carbons (Fsp3) is 0.632. The summed E-state index contributed by atoms with van der Waals surface area (Å²) >= 11 is 0. The molecule has 5 rings (SSSR count). The molecule has 0 bridgehead atoms. The van der Waals surface area contributed by atoms with Crippen molar-refractivity contribution in [2.24, 2.45) is 11.8 Å². The maximum Gasteiger partial charge on any atom is 0.244 e. The highest BCUT2D eigenvalue weighted by Crippen LogP contribution is 2.36. The van der Waals surface area contributed by atoms with Crippen LogP contribution in [0.3, 0.4) is 0 Å². The van der Waals surface area contributed by atoms with Gasteiger partial charge in [0.05, 0.1) is 11.9 Å². The third kappa shape index (κ3) is 3.41. The van der Waals surface area contributed by atoms with E-state index < -0.39 is 10.0 Å². The molecule has 28 heavy (non-hydrogen) atoms. The van der Waals surface area contributed by atoms with Crippen molar-refractivity contribution in [3.05, 3.63) is 24.3 Å². The average Bonchev–Trinajstić information content (AvgIpc) is 3.44. The standard InChI is InChI=1S/C19H27N5O3S/c25-19(16-11-15(21-22-16)12-5-6-12)24-9-7-13(8-10-24)18-20-14-3-1-2-4-17(14)28(26,27)23-18/h1-4,12-13,15-16,18,20-23H,5-11H2. The molecule has 0 spiro atoms. The second-order valence-electron chi connectivity index (χ2n) is 8.42. The molecule has 4 N–H and O–H groups in total. The normalized spacial score (nSPS) is 32.6. The van der Waals surface area contributed by atoms with Crippen molar-refractivity contribution in [2.45, 2.75) is 55.2 Å². The summed E-state index contributed by atoms with van der Waals surface area (Å²) in [6.45, 7) is 1.33. The fourth-order valence-corrected chi connectivity index (χ4v) is 6.07. The van der Waals surface area contributed by atoms with E-state index in [1.165, 1.54) is 12.8 Å². The predicted molar refractivity (Wildman–Crippen MR) is 105 cm³/mol. The molecular weight excluding hydrogens is 378 g/mol. The number of para-hydroxylation sites is 1. The van der Waals surface area contributed by atoms with Crippen LogP contribution in [0.5, 0.6) is 0 Å². The Balaban J connectivity index is 1.19. The number of fused-ring (bicyclic) bond motifs is 1. The zero-order chi connectivity index (χ0) is 19.3. The molecule has 1 aromatic rings. The number of nitrogens with zero attached hydrogens (tertiary/aromatic N) is 1. The van der Waals surface area contributed by atoms with Crippen LogP contribution in [-0.2, 0) is 14.8 Å². The van der Waals surface area contributed by atoms with Crippen molar-refractivity contribution in [1.29, 1.82) is 0 Å². The number of benzene rings is 1. The van der Waals surface area contributed by atoms with E-state index in [1.54, 1.807) is 18.2 Å². The number of hydrogen-bond acceptors (Lipinski definition) is 6. The van der Waals surface area contributed by atoms with Gasteiger partial charge in [0, 0.05) is 19.1 Å². The van der Waals surface area contributed by atoms with Gasteiger partial charge < -0.3 is 10.2 Å². The molecule has 0 aromatic heterocycles. The quantitative estimate of drug-likeness (QED) is 0.587. The Labute approximate surface area is 165 Å². The lowest BCUT2D eigenvalue weighted by molar-refractivity contribution is -0.134. The Kier molecular flexibility index (Phi) is 4.58. The van der Waals surface area contributed by atoms with Gasteiger partial charge in [0.1, 0.15) is 10.9 Å². The molecular formula is C19H27N5O3S.